The summed E-state index contributed by atoms with van der Waals surface area (Å²) in [5, 5.41) is 16.9. The van der Waals surface area contributed by atoms with Crippen molar-refractivity contribution in [2.45, 2.75) is 18.8 Å². The number of aromatic amines is 2. The van der Waals surface area contributed by atoms with Gasteiger partial charge < -0.3 is 4.90 Å². The summed E-state index contributed by atoms with van der Waals surface area (Å²) in [5.41, 5.74) is 1.54. The van der Waals surface area contributed by atoms with E-state index in [1.54, 1.807) is 6.20 Å². The lowest BCUT2D eigenvalue weighted by Crippen LogP contribution is -2.38. The third-order valence-corrected chi connectivity index (χ3v) is 3.38. The van der Waals surface area contributed by atoms with Crippen molar-refractivity contribution in [3.05, 3.63) is 29.8 Å². The van der Waals surface area contributed by atoms with Gasteiger partial charge in [-0.2, -0.15) is 20.5 Å². The second-order valence-electron chi connectivity index (χ2n) is 4.43. The molecule has 1 fully saturated rings. The fourth-order valence-electron chi connectivity index (χ4n) is 2.35. The Kier molecular flexibility index (Phi) is 2.79. The molecular formula is C11H14N6O. The Bertz CT molecular complexity index is 498. The molecular weight excluding hydrogens is 232 g/mol. The van der Waals surface area contributed by atoms with E-state index in [1.165, 1.54) is 6.20 Å². The van der Waals surface area contributed by atoms with Crippen LogP contribution in [0.25, 0.3) is 0 Å². The molecule has 3 rings (SSSR count). The lowest BCUT2D eigenvalue weighted by molar-refractivity contribution is 0.0706. The molecule has 0 radical (unpaired) electrons. The Morgan fingerprint density at radius 1 is 1.33 bits per heavy atom. The van der Waals surface area contributed by atoms with Gasteiger partial charge in [-0.1, -0.05) is 0 Å². The molecule has 1 aliphatic heterocycles. The van der Waals surface area contributed by atoms with Crippen LogP contribution in [0, 0.1) is 0 Å². The van der Waals surface area contributed by atoms with Crippen LogP contribution in [0.2, 0.25) is 0 Å². The quantitative estimate of drug-likeness (QED) is 0.809. The summed E-state index contributed by atoms with van der Waals surface area (Å²) in [6, 6.07) is 2.00. The molecule has 0 saturated carbocycles. The highest BCUT2D eigenvalue weighted by atomic mass is 16.2. The van der Waals surface area contributed by atoms with Crippen LogP contribution in [0.5, 0.6) is 0 Å². The largest absolute Gasteiger partial charge is 0.337 e. The molecule has 7 nitrogen and oxygen atoms in total. The maximum Gasteiger partial charge on any atom is 0.276 e. The van der Waals surface area contributed by atoms with Gasteiger partial charge in [0.05, 0.1) is 6.20 Å². The van der Waals surface area contributed by atoms with E-state index < -0.39 is 0 Å². The molecule has 0 unspecified atom stereocenters. The summed E-state index contributed by atoms with van der Waals surface area (Å²) >= 11 is 0. The summed E-state index contributed by atoms with van der Waals surface area (Å²) in [5.74, 6) is 0.417. The van der Waals surface area contributed by atoms with Crippen molar-refractivity contribution in [2.24, 2.45) is 0 Å². The van der Waals surface area contributed by atoms with E-state index in [-0.39, 0.29) is 5.91 Å². The number of likely N-dealkylation sites (tertiary alicyclic amines) is 1. The second kappa shape index (κ2) is 4.59. The number of nitrogens with zero attached hydrogens (tertiary/aromatic N) is 4. The van der Waals surface area contributed by atoms with E-state index in [0.29, 0.717) is 11.6 Å². The van der Waals surface area contributed by atoms with Crippen LogP contribution < -0.4 is 0 Å². The van der Waals surface area contributed by atoms with Crippen LogP contribution in [-0.2, 0) is 0 Å². The lowest BCUT2D eigenvalue weighted by Gasteiger charge is -2.30. The van der Waals surface area contributed by atoms with E-state index >= 15 is 0 Å². The van der Waals surface area contributed by atoms with E-state index in [4.69, 9.17) is 0 Å². The van der Waals surface area contributed by atoms with Gasteiger partial charge >= 0.3 is 0 Å². The van der Waals surface area contributed by atoms with E-state index in [0.717, 1.165) is 31.6 Å². The molecule has 0 bridgehead atoms. The van der Waals surface area contributed by atoms with Crippen LogP contribution in [0.1, 0.15) is 34.9 Å². The van der Waals surface area contributed by atoms with Crippen molar-refractivity contribution in [3.8, 4) is 0 Å². The fourth-order valence-corrected chi connectivity index (χ4v) is 2.35. The van der Waals surface area contributed by atoms with Crippen LogP contribution >= 0.6 is 0 Å². The molecule has 1 amide bonds. The average molecular weight is 246 g/mol. The summed E-state index contributed by atoms with van der Waals surface area (Å²) in [7, 11) is 0. The number of piperidine rings is 1. The summed E-state index contributed by atoms with van der Waals surface area (Å²) < 4.78 is 0. The second-order valence-corrected chi connectivity index (χ2v) is 4.43. The third-order valence-electron chi connectivity index (χ3n) is 3.38. The number of rotatable bonds is 2. The zero-order valence-electron chi connectivity index (χ0n) is 9.83. The van der Waals surface area contributed by atoms with Crippen LogP contribution in [0.4, 0.5) is 0 Å². The third kappa shape index (κ3) is 1.99. The highest BCUT2D eigenvalue weighted by molar-refractivity contribution is 5.91. The molecule has 3 heterocycles. The van der Waals surface area contributed by atoms with Gasteiger partial charge in [0.1, 0.15) is 0 Å². The summed E-state index contributed by atoms with van der Waals surface area (Å²) in [4.78, 5) is 13.9. The Balaban J connectivity index is 1.62. The maximum absolute atomic E-state index is 12.0. The first-order valence-electron chi connectivity index (χ1n) is 5.99. The van der Waals surface area contributed by atoms with Crippen molar-refractivity contribution >= 4 is 5.91 Å². The number of carbonyl (C=O) groups is 1. The first-order chi connectivity index (χ1) is 8.84. The van der Waals surface area contributed by atoms with Gasteiger partial charge in [0.2, 0.25) is 0 Å². The van der Waals surface area contributed by atoms with Gasteiger partial charge in [0.25, 0.3) is 5.91 Å². The van der Waals surface area contributed by atoms with Gasteiger partial charge in [0, 0.05) is 30.9 Å². The first kappa shape index (κ1) is 10.9. The smallest absolute Gasteiger partial charge is 0.276 e. The van der Waals surface area contributed by atoms with Crippen molar-refractivity contribution in [2.75, 3.05) is 13.1 Å². The predicted molar refractivity (Wildman–Crippen MR) is 62.8 cm³/mol. The molecule has 2 aromatic heterocycles. The minimum atomic E-state index is -0.0492. The Labute approximate surface area is 104 Å². The predicted octanol–water partition coefficient (Wildman–Crippen LogP) is 0.548. The van der Waals surface area contributed by atoms with Crippen LogP contribution in [0.15, 0.2) is 18.5 Å². The van der Waals surface area contributed by atoms with E-state index in [1.807, 2.05) is 11.0 Å². The lowest BCUT2D eigenvalue weighted by atomic mass is 9.93. The Hall–Kier alpha value is -2.18. The standard InChI is InChI=1S/C11H14N6O/c18-11(10-7-13-16-15-10)17-5-2-8(3-6-17)9-1-4-12-14-9/h1,4,7-8H,2-3,5-6H2,(H,12,14)(H,13,15,16). The molecule has 18 heavy (non-hydrogen) atoms. The van der Waals surface area contributed by atoms with E-state index in [2.05, 4.69) is 25.6 Å². The molecule has 2 aromatic rings. The zero-order chi connectivity index (χ0) is 12.4. The Morgan fingerprint density at radius 2 is 2.17 bits per heavy atom. The molecule has 0 aliphatic carbocycles. The summed E-state index contributed by atoms with van der Waals surface area (Å²) in [6.45, 7) is 1.49. The highest BCUT2D eigenvalue weighted by Crippen LogP contribution is 2.26. The van der Waals surface area contributed by atoms with E-state index in [9.17, 15) is 4.79 Å². The molecule has 0 aromatic carbocycles. The Morgan fingerprint density at radius 3 is 2.78 bits per heavy atom. The fraction of sp³-hybridized carbons (Fsp3) is 0.455. The minimum Gasteiger partial charge on any atom is -0.337 e. The SMILES string of the molecule is O=C(c1cn[nH]n1)N1CCC(c2ccn[nH]2)CC1. The molecule has 0 atom stereocenters. The molecule has 1 aliphatic rings. The molecule has 1 saturated heterocycles. The average Bonchev–Trinajstić information content (AvgIpc) is 3.11. The van der Waals surface area contributed by atoms with Gasteiger partial charge in [-0.25, -0.2) is 0 Å². The molecule has 94 valence electrons. The maximum atomic E-state index is 12.0. The number of hydrogen-bond donors (Lipinski definition) is 2. The summed E-state index contributed by atoms with van der Waals surface area (Å²) in [6.07, 6.45) is 5.13. The van der Waals surface area contributed by atoms with Crippen molar-refractivity contribution in [1.29, 1.82) is 0 Å². The first-order valence-corrected chi connectivity index (χ1v) is 5.99. The van der Waals surface area contributed by atoms with Gasteiger partial charge in [0.15, 0.2) is 5.69 Å². The molecule has 0 spiro atoms. The zero-order valence-corrected chi connectivity index (χ0v) is 9.83. The molecule has 2 N–H and O–H groups in total. The van der Waals surface area contributed by atoms with Crippen LogP contribution in [-0.4, -0.2) is 49.5 Å². The van der Waals surface area contributed by atoms with Gasteiger partial charge in [-0.3, -0.25) is 9.89 Å². The van der Waals surface area contributed by atoms with Gasteiger partial charge in [-0.15, -0.1) is 0 Å². The van der Waals surface area contributed by atoms with Crippen molar-refractivity contribution in [1.82, 2.24) is 30.5 Å². The number of nitrogens with one attached hydrogen (secondary N) is 2. The minimum absolute atomic E-state index is 0.0492. The number of aromatic nitrogens is 5. The molecule has 7 heteroatoms. The number of hydrogen-bond acceptors (Lipinski definition) is 4. The number of H-pyrrole nitrogens is 2. The van der Waals surface area contributed by atoms with Gasteiger partial charge in [-0.05, 0) is 18.9 Å². The van der Waals surface area contributed by atoms with Crippen LogP contribution in [0.3, 0.4) is 0 Å². The topological polar surface area (TPSA) is 90.6 Å². The highest BCUT2D eigenvalue weighted by Gasteiger charge is 2.26. The normalized spacial score (nSPS) is 17.0. The number of amides is 1. The van der Waals surface area contributed by atoms with Crippen molar-refractivity contribution in [3.63, 3.8) is 0 Å². The monoisotopic (exact) mass is 246 g/mol. The van der Waals surface area contributed by atoms with Crippen molar-refractivity contribution < 1.29 is 4.79 Å². The number of carbonyl (C=O) groups excluding carboxylic acids is 1.